The van der Waals surface area contributed by atoms with Crippen LogP contribution in [0.15, 0.2) is 29.9 Å². The standard InChI is InChI=1S/C2H3N3.C2H2N2O/c1-3-2-5-4-1;1-3-4-2-5-1/h1-2H,(H,3,4,5);1-2H. The molecule has 0 bridgehead atoms. The van der Waals surface area contributed by atoms with Gasteiger partial charge in [0.25, 0.3) is 0 Å². The van der Waals surface area contributed by atoms with Crippen molar-refractivity contribution in [3.05, 3.63) is 25.4 Å². The molecule has 0 aliphatic carbocycles. The van der Waals surface area contributed by atoms with Crippen LogP contribution in [-0.4, -0.2) is 25.4 Å². The highest BCUT2D eigenvalue weighted by Crippen LogP contribution is 1.64. The van der Waals surface area contributed by atoms with E-state index in [0.29, 0.717) is 0 Å². The van der Waals surface area contributed by atoms with Gasteiger partial charge in [0, 0.05) is 0 Å². The lowest BCUT2D eigenvalue weighted by Crippen LogP contribution is -1.53. The summed E-state index contributed by atoms with van der Waals surface area (Å²) in [6.45, 7) is 0. The maximum Gasteiger partial charge on any atom is 0.203 e. The molecule has 0 saturated heterocycles. The van der Waals surface area contributed by atoms with Crippen LogP contribution < -0.4 is 0 Å². The Balaban J connectivity index is 0.0000001000. The zero-order valence-electron chi connectivity index (χ0n) is 5.01. The first-order valence-electron chi connectivity index (χ1n) is 2.47. The summed E-state index contributed by atoms with van der Waals surface area (Å²) in [5.41, 5.74) is 0. The second kappa shape index (κ2) is 4.19. The molecule has 0 aromatic carbocycles. The van der Waals surface area contributed by atoms with Crippen LogP contribution in [0, 0.1) is 0 Å². The molecule has 6 heteroatoms. The number of H-pyrrole nitrogens is 1. The van der Waals surface area contributed by atoms with E-state index in [4.69, 9.17) is 0 Å². The highest BCUT2D eigenvalue weighted by molar-refractivity contribution is 4.43. The van der Waals surface area contributed by atoms with Gasteiger partial charge in [0.2, 0.25) is 12.8 Å². The van der Waals surface area contributed by atoms with Crippen LogP contribution in [0.3, 0.4) is 0 Å². The average molecular weight is 139 g/mol. The first-order chi connectivity index (χ1) is 5.00. The molecule has 0 radical (unpaired) electrons. The molecular weight excluding hydrogens is 134 g/mol. The molecule has 0 aliphatic rings. The van der Waals surface area contributed by atoms with Crippen LogP contribution in [0.5, 0.6) is 0 Å². The molecule has 2 rings (SSSR count). The van der Waals surface area contributed by atoms with Crippen molar-refractivity contribution in [2.24, 2.45) is 0 Å². The Hall–Kier alpha value is -1.72. The van der Waals surface area contributed by atoms with Crippen molar-refractivity contribution in [3.8, 4) is 0 Å². The third-order valence-electron chi connectivity index (χ3n) is 0.614. The molecule has 0 aliphatic heterocycles. The molecule has 6 nitrogen and oxygen atoms in total. The van der Waals surface area contributed by atoms with E-state index in [1.807, 2.05) is 0 Å². The van der Waals surface area contributed by atoms with Gasteiger partial charge in [-0.2, -0.15) is 5.10 Å². The third-order valence-corrected chi connectivity index (χ3v) is 0.614. The van der Waals surface area contributed by atoms with E-state index in [0.717, 1.165) is 0 Å². The van der Waals surface area contributed by atoms with Gasteiger partial charge in [-0.25, -0.2) is 4.98 Å². The van der Waals surface area contributed by atoms with Crippen LogP contribution >= 0.6 is 0 Å². The zero-order chi connectivity index (χ0) is 7.07. The predicted molar refractivity (Wildman–Crippen MR) is 30.7 cm³/mol. The summed E-state index contributed by atoms with van der Waals surface area (Å²) in [7, 11) is 0. The fourth-order valence-corrected chi connectivity index (χ4v) is 0.303. The molecule has 0 atom stereocenters. The maximum absolute atomic E-state index is 4.36. The van der Waals surface area contributed by atoms with Gasteiger partial charge < -0.3 is 4.42 Å². The summed E-state index contributed by atoms with van der Waals surface area (Å²) >= 11 is 0. The highest BCUT2D eigenvalue weighted by atomic mass is 16.3. The highest BCUT2D eigenvalue weighted by Gasteiger charge is 1.60. The van der Waals surface area contributed by atoms with E-state index in [1.165, 1.54) is 25.4 Å². The summed E-state index contributed by atoms with van der Waals surface area (Å²) in [6.07, 6.45) is 5.49. The van der Waals surface area contributed by atoms with E-state index >= 15 is 0 Å². The van der Waals surface area contributed by atoms with Crippen LogP contribution in [-0.2, 0) is 0 Å². The summed E-state index contributed by atoms with van der Waals surface area (Å²) < 4.78 is 4.36. The number of nitrogens with zero attached hydrogens (tertiary/aromatic N) is 4. The number of hydrogen-bond acceptors (Lipinski definition) is 5. The molecule has 0 unspecified atom stereocenters. The first-order valence-corrected chi connectivity index (χ1v) is 2.47. The topological polar surface area (TPSA) is 80.5 Å². The minimum atomic E-state index is 1.26. The summed E-state index contributed by atoms with van der Waals surface area (Å²) in [4.78, 5) is 3.56. The number of nitrogens with one attached hydrogen (secondary N) is 1. The van der Waals surface area contributed by atoms with Crippen molar-refractivity contribution in [1.29, 1.82) is 0 Å². The van der Waals surface area contributed by atoms with Gasteiger partial charge in [0.1, 0.15) is 12.7 Å². The van der Waals surface area contributed by atoms with E-state index < -0.39 is 0 Å². The Morgan fingerprint density at radius 3 is 2.20 bits per heavy atom. The SMILES string of the molecule is c1nc[nH]n1.c1nnco1. The Labute approximate surface area is 56.3 Å². The van der Waals surface area contributed by atoms with E-state index in [1.54, 1.807) is 0 Å². The Bertz CT molecular complexity index is 153. The lowest BCUT2D eigenvalue weighted by Gasteiger charge is -1.46. The molecule has 0 amide bonds. The second-order valence-electron chi connectivity index (χ2n) is 1.23. The van der Waals surface area contributed by atoms with Gasteiger partial charge in [-0.3, -0.25) is 5.10 Å². The number of aromatic nitrogens is 5. The fourth-order valence-electron chi connectivity index (χ4n) is 0.303. The smallest absolute Gasteiger partial charge is 0.203 e. The van der Waals surface area contributed by atoms with Gasteiger partial charge >= 0.3 is 0 Å². The number of rotatable bonds is 0. The minimum absolute atomic E-state index is 1.26. The summed E-state index contributed by atoms with van der Waals surface area (Å²) in [6, 6.07) is 0. The van der Waals surface area contributed by atoms with Gasteiger partial charge in [-0.15, -0.1) is 10.2 Å². The third kappa shape index (κ3) is 2.55. The van der Waals surface area contributed by atoms with Crippen LogP contribution in [0.1, 0.15) is 0 Å². The van der Waals surface area contributed by atoms with E-state index in [-0.39, 0.29) is 0 Å². The minimum Gasteiger partial charge on any atom is -0.431 e. The van der Waals surface area contributed by atoms with Crippen LogP contribution in [0.4, 0.5) is 0 Å². The average Bonchev–Trinajstić information content (AvgIpc) is 2.67. The Morgan fingerprint density at radius 2 is 2.00 bits per heavy atom. The largest absolute Gasteiger partial charge is 0.431 e. The molecule has 2 heterocycles. The Morgan fingerprint density at radius 1 is 1.20 bits per heavy atom. The lowest BCUT2D eigenvalue weighted by molar-refractivity contribution is 0.553. The second-order valence-corrected chi connectivity index (χ2v) is 1.23. The summed E-state index contributed by atoms with van der Waals surface area (Å²) in [5, 5.41) is 12.6. The lowest BCUT2D eigenvalue weighted by atomic mass is 11.3. The van der Waals surface area contributed by atoms with E-state index in [2.05, 4.69) is 29.8 Å². The molecule has 2 aromatic heterocycles. The molecule has 0 spiro atoms. The molecule has 52 valence electrons. The fraction of sp³-hybridized carbons (Fsp3) is 0. The summed E-state index contributed by atoms with van der Waals surface area (Å²) in [5.74, 6) is 0. The molecule has 2 aromatic rings. The molecular formula is C4H5N5O. The number of aromatic amines is 1. The van der Waals surface area contributed by atoms with E-state index in [9.17, 15) is 0 Å². The Kier molecular flexibility index (Phi) is 2.68. The normalized spacial score (nSPS) is 8.00. The van der Waals surface area contributed by atoms with Gasteiger partial charge in [-0.1, -0.05) is 0 Å². The van der Waals surface area contributed by atoms with Crippen molar-refractivity contribution in [1.82, 2.24) is 25.4 Å². The van der Waals surface area contributed by atoms with Gasteiger partial charge in [0.15, 0.2) is 0 Å². The first kappa shape index (κ1) is 6.40. The van der Waals surface area contributed by atoms with Crippen molar-refractivity contribution in [3.63, 3.8) is 0 Å². The van der Waals surface area contributed by atoms with Gasteiger partial charge in [-0.05, 0) is 0 Å². The van der Waals surface area contributed by atoms with Crippen LogP contribution in [0.2, 0.25) is 0 Å². The molecule has 0 fully saturated rings. The predicted octanol–water partition coefficient (Wildman–Crippen LogP) is -0.126. The molecule has 1 N–H and O–H groups in total. The van der Waals surface area contributed by atoms with Crippen LogP contribution in [0.25, 0.3) is 0 Å². The van der Waals surface area contributed by atoms with Gasteiger partial charge in [0.05, 0.1) is 0 Å². The van der Waals surface area contributed by atoms with Crippen molar-refractivity contribution in [2.75, 3.05) is 0 Å². The van der Waals surface area contributed by atoms with Crippen molar-refractivity contribution >= 4 is 0 Å². The zero-order valence-corrected chi connectivity index (χ0v) is 5.01. The number of hydrogen-bond donors (Lipinski definition) is 1. The monoisotopic (exact) mass is 139 g/mol. The quantitative estimate of drug-likeness (QED) is 0.550. The van der Waals surface area contributed by atoms with Crippen molar-refractivity contribution in [2.45, 2.75) is 0 Å². The van der Waals surface area contributed by atoms with Crippen molar-refractivity contribution < 1.29 is 4.42 Å². The maximum atomic E-state index is 4.36. The molecule has 0 saturated carbocycles. The molecule has 10 heavy (non-hydrogen) atoms.